The Balaban J connectivity index is 2.22. The Morgan fingerprint density at radius 1 is 1.18 bits per heavy atom. The topological polar surface area (TPSA) is 90.5 Å². The van der Waals surface area contributed by atoms with Crippen molar-refractivity contribution in [1.82, 2.24) is 9.97 Å². The number of H-pyrrole nitrogens is 1. The van der Waals surface area contributed by atoms with E-state index in [1.54, 1.807) is 12.1 Å². The van der Waals surface area contributed by atoms with Gasteiger partial charge in [0.05, 0.1) is 14.2 Å². The number of hydrogen-bond donors (Lipinski definition) is 1. The van der Waals surface area contributed by atoms with E-state index in [2.05, 4.69) is 9.97 Å². The number of benzene rings is 1. The Morgan fingerprint density at radius 2 is 1.86 bits per heavy atom. The molecule has 0 saturated carbocycles. The van der Waals surface area contributed by atoms with Crippen LogP contribution < -0.4 is 5.56 Å². The molecule has 0 bridgehead atoms. The first kappa shape index (κ1) is 15.3. The molecule has 0 aliphatic heterocycles. The summed E-state index contributed by atoms with van der Waals surface area (Å²) >= 11 is 0. The average Bonchev–Trinajstić information content (AvgIpc) is 2.56. The zero-order valence-corrected chi connectivity index (χ0v) is 12.0. The number of nitrogens with one attached hydrogen (secondary N) is 1. The van der Waals surface area contributed by atoms with Crippen LogP contribution in [0.3, 0.4) is 0 Å². The Morgan fingerprint density at radius 3 is 2.45 bits per heavy atom. The van der Waals surface area contributed by atoms with E-state index in [1.165, 1.54) is 14.2 Å². The van der Waals surface area contributed by atoms with Crippen molar-refractivity contribution in [2.45, 2.75) is 0 Å². The second kappa shape index (κ2) is 7.07. The Hall–Kier alpha value is -3.09. The van der Waals surface area contributed by atoms with Crippen LogP contribution in [0.5, 0.6) is 0 Å². The molecule has 2 aromatic rings. The van der Waals surface area contributed by atoms with Crippen molar-refractivity contribution in [3.8, 4) is 11.4 Å². The molecule has 0 aliphatic rings. The van der Waals surface area contributed by atoms with Gasteiger partial charge in [0.15, 0.2) is 6.26 Å². The lowest BCUT2D eigenvalue weighted by Gasteiger charge is -2.04. The summed E-state index contributed by atoms with van der Waals surface area (Å²) in [6.45, 7) is 0. The number of esters is 1. The van der Waals surface area contributed by atoms with E-state index in [9.17, 15) is 9.59 Å². The predicted octanol–water partition coefficient (Wildman–Crippen LogP) is 1.69. The molecule has 7 heteroatoms. The van der Waals surface area contributed by atoms with Gasteiger partial charge in [0, 0.05) is 11.8 Å². The molecule has 0 spiro atoms. The molecule has 2 rings (SSSR count). The Bertz CT molecular complexity index is 731. The van der Waals surface area contributed by atoms with Crippen LogP contribution in [0, 0.1) is 0 Å². The lowest BCUT2D eigenvalue weighted by Crippen LogP contribution is -2.20. The molecule has 0 amide bonds. The molecule has 0 saturated heterocycles. The molecule has 0 unspecified atom stereocenters. The number of ether oxygens (including phenoxy) is 3. The number of hydrogen-bond acceptors (Lipinski definition) is 6. The number of carbonyl (C=O) groups is 1. The maximum atomic E-state index is 12.0. The Labute approximate surface area is 126 Å². The van der Waals surface area contributed by atoms with Crippen molar-refractivity contribution < 1.29 is 19.0 Å². The predicted molar refractivity (Wildman–Crippen MR) is 77.8 cm³/mol. The van der Waals surface area contributed by atoms with Crippen molar-refractivity contribution >= 4 is 5.97 Å². The molecule has 22 heavy (non-hydrogen) atoms. The lowest BCUT2D eigenvalue weighted by atomic mass is 10.2. The largest absolute Gasteiger partial charge is 0.467 e. The summed E-state index contributed by atoms with van der Waals surface area (Å²) in [5.41, 5.74) is -0.0772. The normalized spacial score (nSPS) is 9.73. The second-order valence-electron chi connectivity index (χ2n) is 4.09. The number of aromatic amines is 1. The first-order valence-electron chi connectivity index (χ1n) is 6.29. The molecule has 0 aliphatic carbocycles. The minimum absolute atomic E-state index is 0.00126. The van der Waals surface area contributed by atoms with Crippen LogP contribution in [0.2, 0.25) is 0 Å². The van der Waals surface area contributed by atoms with Crippen LogP contribution in [-0.2, 0) is 14.2 Å². The van der Waals surface area contributed by atoms with Gasteiger partial charge in [-0.2, -0.15) is 0 Å². The van der Waals surface area contributed by atoms with Crippen LogP contribution in [0.1, 0.15) is 10.4 Å². The van der Waals surface area contributed by atoms with Crippen LogP contribution in [0.25, 0.3) is 11.4 Å². The maximum Gasteiger partial charge on any atom is 0.350 e. The number of methoxy groups -OCH3 is 2. The third-order valence-corrected chi connectivity index (χ3v) is 2.73. The van der Waals surface area contributed by atoms with Gasteiger partial charge in [-0.1, -0.05) is 30.3 Å². The molecular formula is C15H14N2O5. The first-order chi connectivity index (χ1) is 10.7. The lowest BCUT2D eigenvalue weighted by molar-refractivity contribution is 0.0528. The monoisotopic (exact) mass is 302 g/mol. The van der Waals surface area contributed by atoms with Gasteiger partial charge in [-0.3, -0.25) is 4.79 Å². The van der Waals surface area contributed by atoms with E-state index >= 15 is 0 Å². The smallest absolute Gasteiger partial charge is 0.350 e. The number of nitrogens with zero attached hydrogens (tertiary/aromatic N) is 1. The maximum absolute atomic E-state index is 12.0. The molecule has 0 atom stereocenters. The molecule has 114 valence electrons. The SMILES string of the molecule is COC(=COC(=O)c1cnc(-c2ccccc2)[nH]c1=O)OC. The van der Waals surface area contributed by atoms with Crippen LogP contribution in [0.4, 0.5) is 0 Å². The van der Waals surface area contributed by atoms with Crippen LogP contribution in [-0.4, -0.2) is 30.2 Å². The van der Waals surface area contributed by atoms with Crippen LogP contribution in [0.15, 0.2) is 53.5 Å². The van der Waals surface area contributed by atoms with E-state index in [0.717, 1.165) is 18.0 Å². The summed E-state index contributed by atoms with van der Waals surface area (Å²) in [4.78, 5) is 30.4. The zero-order chi connectivity index (χ0) is 15.9. The number of aromatic nitrogens is 2. The summed E-state index contributed by atoms with van der Waals surface area (Å²) in [7, 11) is 2.71. The summed E-state index contributed by atoms with van der Waals surface area (Å²) in [5.74, 6) is -0.495. The molecular weight excluding hydrogens is 288 g/mol. The molecule has 7 nitrogen and oxygen atoms in total. The van der Waals surface area contributed by atoms with Gasteiger partial charge >= 0.3 is 11.9 Å². The highest BCUT2D eigenvalue weighted by Gasteiger charge is 2.14. The molecule has 1 aromatic carbocycles. The number of rotatable bonds is 5. The summed E-state index contributed by atoms with van der Waals surface area (Å²) in [5, 5.41) is 0. The minimum atomic E-state index is -0.861. The van der Waals surface area contributed by atoms with E-state index in [4.69, 9.17) is 14.2 Å². The summed E-state index contributed by atoms with van der Waals surface area (Å²) in [6, 6.07) is 9.08. The van der Waals surface area contributed by atoms with Gasteiger partial charge in [-0.15, -0.1) is 0 Å². The molecule has 0 radical (unpaired) electrons. The van der Waals surface area contributed by atoms with Gasteiger partial charge in [-0.05, 0) is 0 Å². The summed E-state index contributed by atoms with van der Waals surface area (Å²) in [6.07, 6.45) is 2.13. The van der Waals surface area contributed by atoms with Crippen molar-refractivity contribution in [3.63, 3.8) is 0 Å². The number of carbonyl (C=O) groups excluding carboxylic acids is 1. The van der Waals surface area contributed by atoms with Gasteiger partial charge in [0.25, 0.3) is 5.56 Å². The van der Waals surface area contributed by atoms with Gasteiger partial charge in [-0.25, -0.2) is 9.78 Å². The third kappa shape index (κ3) is 3.51. The highest BCUT2D eigenvalue weighted by atomic mass is 16.7. The quantitative estimate of drug-likeness (QED) is 0.667. The highest BCUT2D eigenvalue weighted by molar-refractivity contribution is 5.89. The fourth-order valence-electron chi connectivity index (χ4n) is 1.63. The van der Waals surface area contributed by atoms with E-state index in [-0.39, 0.29) is 11.5 Å². The van der Waals surface area contributed by atoms with Crippen molar-refractivity contribution in [3.05, 3.63) is 64.7 Å². The first-order valence-corrected chi connectivity index (χ1v) is 6.29. The average molecular weight is 302 g/mol. The molecule has 1 aromatic heterocycles. The van der Waals surface area contributed by atoms with Crippen molar-refractivity contribution in [1.29, 1.82) is 0 Å². The molecule has 1 heterocycles. The van der Waals surface area contributed by atoms with Gasteiger partial charge < -0.3 is 19.2 Å². The molecule has 0 fully saturated rings. The second-order valence-corrected chi connectivity index (χ2v) is 4.09. The van der Waals surface area contributed by atoms with Crippen molar-refractivity contribution in [2.75, 3.05) is 14.2 Å². The molecule has 1 N–H and O–H groups in total. The van der Waals surface area contributed by atoms with E-state index in [1.807, 2.05) is 18.2 Å². The van der Waals surface area contributed by atoms with Crippen molar-refractivity contribution in [2.24, 2.45) is 0 Å². The fraction of sp³-hybridized carbons (Fsp3) is 0.133. The minimum Gasteiger partial charge on any atom is -0.467 e. The standard InChI is InChI=1S/C15H14N2O5/c1-20-12(21-2)9-22-15(19)11-8-16-13(17-14(11)18)10-6-4-3-5-7-10/h3-9H,1-2H3,(H,16,17,18). The zero-order valence-electron chi connectivity index (χ0n) is 12.0. The van der Waals surface area contributed by atoms with E-state index in [0.29, 0.717) is 5.82 Å². The summed E-state index contributed by atoms with van der Waals surface area (Å²) < 4.78 is 14.3. The van der Waals surface area contributed by atoms with Gasteiger partial charge in [0.1, 0.15) is 11.4 Å². The third-order valence-electron chi connectivity index (χ3n) is 2.73. The van der Waals surface area contributed by atoms with Gasteiger partial charge in [0.2, 0.25) is 0 Å². The van der Waals surface area contributed by atoms with E-state index < -0.39 is 11.5 Å². The van der Waals surface area contributed by atoms with Crippen LogP contribution >= 0.6 is 0 Å². The Kier molecular flexibility index (Phi) is 4.92. The fourth-order valence-corrected chi connectivity index (χ4v) is 1.63. The highest BCUT2D eigenvalue weighted by Crippen LogP contribution is 2.11.